The molecular formula is C11H15NO3. The normalized spacial score (nSPS) is 11.2. The number of pyridine rings is 1. The van der Waals surface area contributed by atoms with Crippen molar-refractivity contribution >= 4 is 5.97 Å². The highest BCUT2D eigenvalue weighted by atomic mass is 16.5. The Kier molecular flexibility index (Phi) is 2.98. The van der Waals surface area contributed by atoms with Gasteiger partial charge in [0.1, 0.15) is 0 Å². The summed E-state index contributed by atoms with van der Waals surface area (Å²) >= 11 is 0. The summed E-state index contributed by atoms with van der Waals surface area (Å²) in [7, 11) is 1.32. The van der Waals surface area contributed by atoms with Gasteiger partial charge >= 0.3 is 5.97 Å². The Morgan fingerprint density at radius 1 is 1.33 bits per heavy atom. The van der Waals surface area contributed by atoms with Crippen molar-refractivity contribution in [3.8, 4) is 0 Å². The van der Waals surface area contributed by atoms with E-state index in [4.69, 9.17) is 0 Å². The van der Waals surface area contributed by atoms with Crippen LogP contribution < -0.4 is 5.56 Å². The van der Waals surface area contributed by atoms with E-state index in [0.717, 1.165) is 0 Å². The summed E-state index contributed by atoms with van der Waals surface area (Å²) < 4.78 is 4.65. The van der Waals surface area contributed by atoms with Gasteiger partial charge in [-0.25, -0.2) is 4.79 Å². The van der Waals surface area contributed by atoms with E-state index in [1.54, 1.807) is 0 Å². The largest absolute Gasteiger partial charge is 0.465 e. The number of rotatable bonds is 1. The third-order valence-electron chi connectivity index (χ3n) is 2.07. The molecule has 0 aliphatic rings. The van der Waals surface area contributed by atoms with Gasteiger partial charge in [0.15, 0.2) is 0 Å². The van der Waals surface area contributed by atoms with E-state index in [0.29, 0.717) is 11.3 Å². The summed E-state index contributed by atoms with van der Waals surface area (Å²) in [5.74, 6) is -0.434. The summed E-state index contributed by atoms with van der Waals surface area (Å²) in [6, 6.07) is 2.81. The number of ether oxygens (including phenoxy) is 1. The zero-order chi connectivity index (χ0) is 11.6. The highest BCUT2D eigenvalue weighted by molar-refractivity contribution is 5.90. The average molecular weight is 209 g/mol. The van der Waals surface area contributed by atoms with Gasteiger partial charge in [0.2, 0.25) is 5.56 Å². The van der Waals surface area contributed by atoms with Gasteiger partial charge < -0.3 is 9.72 Å². The molecular weight excluding hydrogens is 194 g/mol. The van der Waals surface area contributed by atoms with Crippen LogP contribution in [0.15, 0.2) is 16.9 Å². The van der Waals surface area contributed by atoms with Gasteiger partial charge in [-0.2, -0.15) is 0 Å². The van der Waals surface area contributed by atoms with Gasteiger partial charge in [-0.1, -0.05) is 20.8 Å². The standard InChI is InChI=1S/C11H15NO3/c1-11(2,3)9-7(10(14)15-4)5-6-8(13)12-9/h5-6H,1-4H3,(H,12,13). The molecule has 1 aromatic rings. The van der Waals surface area contributed by atoms with E-state index in [1.807, 2.05) is 20.8 Å². The summed E-state index contributed by atoms with van der Waals surface area (Å²) in [5, 5.41) is 0. The maximum absolute atomic E-state index is 11.4. The molecule has 1 N–H and O–H groups in total. The predicted octanol–water partition coefficient (Wildman–Crippen LogP) is 1.46. The fourth-order valence-corrected chi connectivity index (χ4v) is 1.35. The van der Waals surface area contributed by atoms with Crippen molar-refractivity contribution < 1.29 is 9.53 Å². The molecule has 1 rings (SSSR count). The second-order valence-corrected chi connectivity index (χ2v) is 4.35. The minimum Gasteiger partial charge on any atom is -0.465 e. The van der Waals surface area contributed by atoms with Gasteiger partial charge in [0.25, 0.3) is 0 Å². The van der Waals surface area contributed by atoms with Gasteiger partial charge in [0, 0.05) is 17.2 Å². The molecule has 4 nitrogen and oxygen atoms in total. The van der Waals surface area contributed by atoms with Crippen LogP contribution in [0.1, 0.15) is 36.8 Å². The SMILES string of the molecule is COC(=O)c1ccc(=O)[nH]c1C(C)(C)C. The molecule has 0 saturated heterocycles. The van der Waals surface area contributed by atoms with Crippen molar-refractivity contribution in [3.63, 3.8) is 0 Å². The maximum atomic E-state index is 11.4. The second kappa shape index (κ2) is 3.88. The number of esters is 1. The van der Waals surface area contributed by atoms with E-state index >= 15 is 0 Å². The smallest absolute Gasteiger partial charge is 0.339 e. The first-order chi connectivity index (χ1) is 6.86. The minimum atomic E-state index is -0.434. The highest BCUT2D eigenvalue weighted by Crippen LogP contribution is 2.22. The Balaban J connectivity index is 3.40. The van der Waals surface area contributed by atoms with Crippen LogP contribution in [0.2, 0.25) is 0 Å². The van der Waals surface area contributed by atoms with Crippen LogP contribution in [0, 0.1) is 0 Å². The van der Waals surface area contributed by atoms with Crippen molar-refractivity contribution in [2.45, 2.75) is 26.2 Å². The number of nitrogens with one attached hydrogen (secondary N) is 1. The van der Waals surface area contributed by atoms with Crippen LogP contribution in [0.4, 0.5) is 0 Å². The Bertz CT molecular complexity index is 426. The van der Waals surface area contributed by atoms with Crippen LogP contribution in [0.25, 0.3) is 0 Å². The number of hydrogen-bond donors (Lipinski definition) is 1. The molecule has 0 radical (unpaired) electrons. The fourth-order valence-electron chi connectivity index (χ4n) is 1.35. The Morgan fingerprint density at radius 3 is 2.40 bits per heavy atom. The van der Waals surface area contributed by atoms with Crippen molar-refractivity contribution in [1.29, 1.82) is 0 Å². The third kappa shape index (κ3) is 2.46. The quantitative estimate of drug-likeness (QED) is 0.712. The zero-order valence-electron chi connectivity index (χ0n) is 9.38. The highest BCUT2D eigenvalue weighted by Gasteiger charge is 2.22. The summed E-state index contributed by atoms with van der Waals surface area (Å²) in [6.07, 6.45) is 0. The van der Waals surface area contributed by atoms with E-state index in [9.17, 15) is 9.59 Å². The Hall–Kier alpha value is -1.58. The van der Waals surface area contributed by atoms with Crippen LogP contribution in [0.3, 0.4) is 0 Å². The van der Waals surface area contributed by atoms with E-state index in [2.05, 4.69) is 9.72 Å². The van der Waals surface area contributed by atoms with Crippen molar-refractivity contribution in [2.24, 2.45) is 0 Å². The number of methoxy groups -OCH3 is 1. The van der Waals surface area contributed by atoms with Gasteiger partial charge in [-0.3, -0.25) is 4.79 Å². The number of aromatic amines is 1. The molecule has 4 heteroatoms. The molecule has 0 fully saturated rings. The number of carbonyl (C=O) groups is 1. The molecule has 0 spiro atoms. The van der Waals surface area contributed by atoms with Crippen molar-refractivity contribution in [3.05, 3.63) is 33.7 Å². The lowest BCUT2D eigenvalue weighted by molar-refractivity contribution is 0.0597. The molecule has 0 bridgehead atoms. The molecule has 0 saturated carbocycles. The molecule has 0 amide bonds. The van der Waals surface area contributed by atoms with Crippen LogP contribution in [-0.2, 0) is 10.2 Å². The third-order valence-corrected chi connectivity index (χ3v) is 2.07. The molecule has 0 unspecified atom stereocenters. The van der Waals surface area contributed by atoms with Gasteiger partial charge in [-0.05, 0) is 6.07 Å². The van der Waals surface area contributed by atoms with Crippen LogP contribution >= 0.6 is 0 Å². The van der Waals surface area contributed by atoms with Crippen molar-refractivity contribution in [2.75, 3.05) is 7.11 Å². The van der Waals surface area contributed by atoms with Crippen LogP contribution in [-0.4, -0.2) is 18.1 Å². The molecule has 1 heterocycles. The number of H-pyrrole nitrogens is 1. The Labute approximate surface area is 88.3 Å². The summed E-state index contributed by atoms with van der Waals surface area (Å²) in [5.41, 5.74) is 0.489. The molecule has 0 aromatic carbocycles. The topological polar surface area (TPSA) is 59.2 Å². The molecule has 15 heavy (non-hydrogen) atoms. The molecule has 1 aromatic heterocycles. The fraction of sp³-hybridized carbons (Fsp3) is 0.455. The molecule has 0 atom stereocenters. The minimum absolute atomic E-state index is 0.215. The predicted molar refractivity (Wildman–Crippen MR) is 57.1 cm³/mol. The lowest BCUT2D eigenvalue weighted by atomic mass is 9.88. The average Bonchev–Trinajstić information content (AvgIpc) is 2.15. The number of carbonyl (C=O) groups excluding carboxylic acids is 1. The Morgan fingerprint density at radius 2 is 1.93 bits per heavy atom. The lowest BCUT2D eigenvalue weighted by Crippen LogP contribution is -2.24. The zero-order valence-corrected chi connectivity index (χ0v) is 9.38. The lowest BCUT2D eigenvalue weighted by Gasteiger charge is -2.20. The monoisotopic (exact) mass is 209 g/mol. The summed E-state index contributed by atoms with van der Waals surface area (Å²) in [6.45, 7) is 5.76. The van der Waals surface area contributed by atoms with Crippen molar-refractivity contribution in [1.82, 2.24) is 4.98 Å². The molecule has 0 aliphatic heterocycles. The van der Waals surface area contributed by atoms with Gasteiger partial charge in [0.05, 0.1) is 12.7 Å². The van der Waals surface area contributed by atoms with Crippen LogP contribution in [0.5, 0.6) is 0 Å². The number of aromatic nitrogens is 1. The number of hydrogen-bond acceptors (Lipinski definition) is 3. The van der Waals surface area contributed by atoms with Gasteiger partial charge in [-0.15, -0.1) is 0 Å². The van der Waals surface area contributed by atoms with E-state index in [-0.39, 0.29) is 11.0 Å². The first kappa shape index (κ1) is 11.5. The molecule has 82 valence electrons. The van der Waals surface area contributed by atoms with E-state index in [1.165, 1.54) is 19.2 Å². The first-order valence-electron chi connectivity index (χ1n) is 4.68. The second-order valence-electron chi connectivity index (χ2n) is 4.35. The first-order valence-corrected chi connectivity index (χ1v) is 4.68. The summed E-state index contributed by atoms with van der Waals surface area (Å²) in [4.78, 5) is 25.3. The van der Waals surface area contributed by atoms with E-state index < -0.39 is 5.97 Å². The molecule has 0 aliphatic carbocycles. The maximum Gasteiger partial charge on any atom is 0.339 e.